The summed E-state index contributed by atoms with van der Waals surface area (Å²) in [6.45, 7) is 0. The number of hydrogen-bond acceptors (Lipinski definition) is 2. The Hall–Kier alpha value is -0.610. The van der Waals surface area contributed by atoms with E-state index in [1.807, 2.05) is 0 Å². The highest BCUT2D eigenvalue weighted by Gasteiger charge is 2.08. The molecule has 0 aliphatic rings. The van der Waals surface area contributed by atoms with Crippen LogP contribution in [0, 0.1) is 0 Å². The van der Waals surface area contributed by atoms with Gasteiger partial charge in [0.15, 0.2) is 0 Å². The predicted molar refractivity (Wildman–Crippen MR) is 50.1 cm³/mol. The number of rotatable bonds is 3. The van der Waals surface area contributed by atoms with E-state index in [4.69, 9.17) is 11.6 Å². The summed E-state index contributed by atoms with van der Waals surface area (Å²) in [6.07, 6.45) is 0.110. The van der Waals surface area contributed by atoms with Crippen LogP contribution in [0.3, 0.4) is 0 Å². The fourth-order valence-corrected chi connectivity index (χ4v) is 1.63. The molecule has 0 aromatic heterocycles. The van der Waals surface area contributed by atoms with Crippen LogP contribution < -0.4 is 0 Å². The quantitative estimate of drug-likeness (QED) is 0.735. The van der Waals surface area contributed by atoms with Gasteiger partial charge in [-0.15, -0.1) is 3.89 Å². The molecule has 1 rings (SSSR count). The summed E-state index contributed by atoms with van der Waals surface area (Å²) in [5.74, 6) is -0.517. The van der Waals surface area contributed by atoms with Crippen LogP contribution in [0.15, 0.2) is 24.3 Å². The Morgan fingerprint density at radius 1 is 1.31 bits per heavy atom. The van der Waals surface area contributed by atoms with E-state index in [0.717, 1.165) is 0 Å². The van der Waals surface area contributed by atoms with Gasteiger partial charge in [-0.3, -0.25) is 0 Å². The summed E-state index contributed by atoms with van der Waals surface area (Å²) in [5.41, 5.74) is 0.644. The number of halogens is 2. The smallest absolute Gasteiger partial charge is 0.195 e. The van der Waals surface area contributed by atoms with Crippen LogP contribution in [-0.2, 0) is 16.6 Å². The van der Waals surface area contributed by atoms with Crippen molar-refractivity contribution in [1.82, 2.24) is 0 Å². The van der Waals surface area contributed by atoms with E-state index >= 15 is 0 Å². The second-order valence-electron chi connectivity index (χ2n) is 2.58. The van der Waals surface area contributed by atoms with Gasteiger partial charge in [-0.2, -0.15) is 8.42 Å². The second kappa shape index (κ2) is 4.07. The lowest BCUT2D eigenvalue weighted by atomic mass is 10.2. The Balaban J connectivity index is 2.71. The Morgan fingerprint density at radius 2 is 1.92 bits per heavy atom. The van der Waals surface area contributed by atoms with Gasteiger partial charge in [-0.25, -0.2) is 0 Å². The fourth-order valence-electron chi connectivity index (χ4n) is 0.933. The van der Waals surface area contributed by atoms with Gasteiger partial charge >= 0.3 is 10.2 Å². The maximum atomic E-state index is 12.1. The van der Waals surface area contributed by atoms with Crippen LogP contribution in [0.1, 0.15) is 5.56 Å². The van der Waals surface area contributed by atoms with Gasteiger partial charge in [0, 0.05) is 5.02 Å². The van der Waals surface area contributed by atoms with E-state index < -0.39 is 16.0 Å². The monoisotopic (exact) mass is 222 g/mol. The second-order valence-corrected chi connectivity index (χ2v) is 4.48. The zero-order valence-electron chi connectivity index (χ0n) is 6.70. The molecule has 0 fully saturated rings. The lowest BCUT2D eigenvalue weighted by molar-refractivity contribution is 0.551. The molecule has 0 aliphatic carbocycles. The van der Waals surface area contributed by atoms with Crippen molar-refractivity contribution in [3.63, 3.8) is 0 Å². The molecule has 0 aliphatic heterocycles. The SMILES string of the molecule is O=S(=O)(F)CCc1ccccc1Cl. The van der Waals surface area contributed by atoms with Crippen LogP contribution in [0.4, 0.5) is 3.89 Å². The third-order valence-corrected chi connectivity index (χ3v) is 2.63. The minimum atomic E-state index is -4.40. The zero-order valence-corrected chi connectivity index (χ0v) is 8.28. The molecule has 2 nitrogen and oxygen atoms in total. The fraction of sp³-hybridized carbons (Fsp3) is 0.250. The maximum absolute atomic E-state index is 12.1. The molecule has 5 heteroatoms. The van der Waals surface area contributed by atoms with E-state index in [1.54, 1.807) is 24.3 Å². The van der Waals surface area contributed by atoms with E-state index in [-0.39, 0.29) is 6.42 Å². The summed E-state index contributed by atoms with van der Waals surface area (Å²) in [6, 6.07) is 6.77. The van der Waals surface area contributed by atoms with Gasteiger partial charge in [-0.05, 0) is 18.1 Å². The van der Waals surface area contributed by atoms with Crippen LogP contribution in [0.5, 0.6) is 0 Å². The van der Waals surface area contributed by atoms with Gasteiger partial charge in [-0.1, -0.05) is 29.8 Å². The molecule has 0 saturated carbocycles. The van der Waals surface area contributed by atoms with Crippen molar-refractivity contribution in [1.29, 1.82) is 0 Å². The summed E-state index contributed by atoms with van der Waals surface area (Å²) in [5, 5.41) is 0.464. The summed E-state index contributed by atoms with van der Waals surface area (Å²) >= 11 is 5.74. The molecule has 0 bridgehead atoms. The first-order valence-electron chi connectivity index (χ1n) is 3.65. The molecule has 0 radical (unpaired) electrons. The van der Waals surface area contributed by atoms with E-state index in [2.05, 4.69) is 0 Å². The van der Waals surface area contributed by atoms with Crippen molar-refractivity contribution in [2.24, 2.45) is 0 Å². The summed E-state index contributed by atoms with van der Waals surface area (Å²) in [7, 11) is -4.40. The summed E-state index contributed by atoms with van der Waals surface area (Å²) in [4.78, 5) is 0. The molecular weight excluding hydrogens is 215 g/mol. The first-order chi connectivity index (χ1) is 5.99. The molecule has 0 amide bonds. The predicted octanol–water partition coefficient (Wildman–Crippen LogP) is 2.18. The average molecular weight is 223 g/mol. The van der Waals surface area contributed by atoms with E-state index in [1.165, 1.54) is 0 Å². The van der Waals surface area contributed by atoms with Crippen molar-refractivity contribution in [3.05, 3.63) is 34.9 Å². The lowest BCUT2D eigenvalue weighted by Gasteiger charge is -2.00. The third kappa shape index (κ3) is 3.74. The molecule has 13 heavy (non-hydrogen) atoms. The molecule has 0 saturated heterocycles. The number of aryl methyl sites for hydroxylation is 1. The maximum Gasteiger partial charge on any atom is 0.302 e. The van der Waals surface area contributed by atoms with E-state index in [0.29, 0.717) is 10.6 Å². The number of hydrogen-bond donors (Lipinski definition) is 0. The van der Waals surface area contributed by atoms with Gasteiger partial charge < -0.3 is 0 Å². The minimum Gasteiger partial charge on any atom is -0.195 e. The Morgan fingerprint density at radius 3 is 2.46 bits per heavy atom. The van der Waals surface area contributed by atoms with Crippen molar-refractivity contribution < 1.29 is 12.3 Å². The van der Waals surface area contributed by atoms with Crippen molar-refractivity contribution >= 4 is 21.8 Å². The van der Waals surface area contributed by atoms with Crippen LogP contribution in [0.25, 0.3) is 0 Å². The van der Waals surface area contributed by atoms with Gasteiger partial charge in [0.25, 0.3) is 0 Å². The molecule has 0 atom stereocenters. The van der Waals surface area contributed by atoms with Crippen molar-refractivity contribution in [3.8, 4) is 0 Å². The standard InChI is InChI=1S/C8H8ClFO2S/c9-8-4-2-1-3-7(8)5-6-13(10,11)12/h1-4H,5-6H2. The Labute approximate surface area is 81.6 Å². The third-order valence-electron chi connectivity index (χ3n) is 1.57. The molecule has 0 heterocycles. The zero-order chi connectivity index (χ0) is 9.90. The molecule has 0 spiro atoms. The van der Waals surface area contributed by atoms with Gasteiger partial charge in [0.05, 0.1) is 5.75 Å². The van der Waals surface area contributed by atoms with Gasteiger partial charge in [0.2, 0.25) is 0 Å². The van der Waals surface area contributed by atoms with Crippen LogP contribution >= 0.6 is 11.6 Å². The first-order valence-corrected chi connectivity index (χ1v) is 5.58. The largest absolute Gasteiger partial charge is 0.302 e. The molecule has 0 N–H and O–H groups in total. The van der Waals surface area contributed by atoms with Gasteiger partial charge in [0.1, 0.15) is 0 Å². The normalized spacial score (nSPS) is 11.5. The van der Waals surface area contributed by atoms with Crippen molar-refractivity contribution in [2.45, 2.75) is 6.42 Å². The molecule has 1 aromatic rings. The van der Waals surface area contributed by atoms with Crippen LogP contribution in [-0.4, -0.2) is 14.2 Å². The highest BCUT2D eigenvalue weighted by molar-refractivity contribution is 7.86. The molecule has 1 aromatic carbocycles. The van der Waals surface area contributed by atoms with Crippen molar-refractivity contribution in [2.75, 3.05) is 5.75 Å². The van der Waals surface area contributed by atoms with Crippen LogP contribution in [0.2, 0.25) is 5.02 Å². The molecule has 0 unspecified atom stereocenters. The highest BCUT2D eigenvalue weighted by Crippen LogP contribution is 2.15. The minimum absolute atomic E-state index is 0.110. The molecular formula is C8H8ClFO2S. The molecule has 72 valence electrons. The number of benzene rings is 1. The average Bonchev–Trinajstić information content (AvgIpc) is 2.01. The lowest BCUT2D eigenvalue weighted by Crippen LogP contribution is -2.02. The van der Waals surface area contributed by atoms with E-state index in [9.17, 15) is 12.3 Å². The Kier molecular flexibility index (Phi) is 3.27. The first kappa shape index (κ1) is 10.5. The topological polar surface area (TPSA) is 34.1 Å². The Bertz CT molecular complexity index is 389. The highest BCUT2D eigenvalue weighted by atomic mass is 35.5. The summed E-state index contributed by atoms with van der Waals surface area (Å²) < 4.78 is 32.5.